The number of fused-ring (bicyclic) bond motifs is 1. The second kappa shape index (κ2) is 4.44. The van der Waals surface area contributed by atoms with E-state index in [1.807, 2.05) is 6.20 Å². The number of hydrogen-bond donors (Lipinski definition) is 1. The highest BCUT2D eigenvalue weighted by atomic mass is 79.9. The lowest BCUT2D eigenvalue weighted by Gasteiger charge is -2.14. The van der Waals surface area contributed by atoms with Crippen LogP contribution in [0.15, 0.2) is 22.9 Å². The third kappa shape index (κ3) is 1.92. The highest BCUT2D eigenvalue weighted by molar-refractivity contribution is 9.10. The molecule has 1 unspecified atom stereocenters. The van der Waals surface area contributed by atoms with Gasteiger partial charge in [0.05, 0.1) is 10.0 Å². The Hall–Kier alpha value is -0.710. The van der Waals surface area contributed by atoms with Gasteiger partial charge < -0.3 is 9.67 Å². The number of phenolic OH excluding ortho intramolecular Hbond substituents is 1. The molecule has 0 bridgehead atoms. The predicted molar refractivity (Wildman–Crippen MR) is 74.5 cm³/mol. The summed E-state index contributed by atoms with van der Waals surface area (Å²) < 4.78 is 2.89. The van der Waals surface area contributed by atoms with Crippen LogP contribution in [0.2, 0.25) is 10.0 Å². The van der Waals surface area contributed by atoms with E-state index in [1.54, 1.807) is 12.1 Å². The van der Waals surface area contributed by atoms with Crippen LogP contribution < -0.4 is 0 Å². The van der Waals surface area contributed by atoms with E-state index < -0.39 is 0 Å². The van der Waals surface area contributed by atoms with Crippen LogP contribution in [0.3, 0.4) is 0 Å². The quantitative estimate of drug-likeness (QED) is 0.846. The van der Waals surface area contributed by atoms with Crippen molar-refractivity contribution in [3.05, 3.63) is 44.4 Å². The van der Waals surface area contributed by atoms with E-state index in [0.717, 1.165) is 23.4 Å². The summed E-state index contributed by atoms with van der Waals surface area (Å²) in [7, 11) is 0. The Labute approximate surface area is 122 Å². The Morgan fingerprint density at radius 3 is 2.89 bits per heavy atom. The molecule has 0 aliphatic carbocycles. The molecule has 2 aromatic rings. The summed E-state index contributed by atoms with van der Waals surface area (Å²) in [5.74, 6) is 1.30. The van der Waals surface area contributed by atoms with E-state index in [4.69, 9.17) is 23.2 Å². The highest BCUT2D eigenvalue weighted by Gasteiger charge is 2.29. The van der Waals surface area contributed by atoms with E-state index in [1.165, 1.54) is 0 Å². The summed E-state index contributed by atoms with van der Waals surface area (Å²) in [6, 6.07) is 3.19. The molecule has 6 heteroatoms. The number of benzene rings is 1. The lowest BCUT2D eigenvalue weighted by atomic mass is 9.96. The maximum absolute atomic E-state index is 9.97. The fourth-order valence-electron chi connectivity index (χ4n) is 2.40. The Morgan fingerprint density at radius 2 is 2.17 bits per heavy atom. The molecule has 1 aliphatic rings. The minimum atomic E-state index is 0.117. The molecule has 1 N–H and O–H groups in total. The van der Waals surface area contributed by atoms with E-state index in [-0.39, 0.29) is 11.7 Å². The van der Waals surface area contributed by atoms with Gasteiger partial charge in [0.15, 0.2) is 0 Å². The maximum atomic E-state index is 9.97. The van der Waals surface area contributed by atoms with Gasteiger partial charge in [-0.05, 0) is 28.1 Å². The van der Waals surface area contributed by atoms with Crippen molar-refractivity contribution in [3.8, 4) is 5.75 Å². The van der Waals surface area contributed by atoms with Gasteiger partial charge >= 0.3 is 0 Å². The first-order valence-corrected chi connectivity index (χ1v) is 6.99. The van der Waals surface area contributed by atoms with Gasteiger partial charge in [-0.3, -0.25) is 0 Å². The highest BCUT2D eigenvalue weighted by Crippen LogP contribution is 2.41. The minimum Gasteiger partial charge on any atom is -0.508 e. The summed E-state index contributed by atoms with van der Waals surface area (Å²) in [4.78, 5) is 4.37. The average Bonchev–Trinajstić information content (AvgIpc) is 2.81. The summed E-state index contributed by atoms with van der Waals surface area (Å²) in [5, 5.41) is 10.9. The van der Waals surface area contributed by atoms with Gasteiger partial charge in [-0.2, -0.15) is 0 Å². The second-order valence-corrected chi connectivity index (χ2v) is 5.93. The summed E-state index contributed by atoms with van der Waals surface area (Å²) in [6.07, 6.45) is 2.68. The predicted octanol–water partition coefficient (Wildman–Crippen LogP) is 4.00. The molecule has 2 heterocycles. The molecule has 94 valence electrons. The summed E-state index contributed by atoms with van der Waals surface area (Å²) in [5.41, 5.74) is 0.714. The van der Waals surface area contributed by atoms with Gasteiger partial charge in [0.2, 0.25) is 0 Å². The lowest BCUT2D eigenvalue weighted by Crippen LogP contribution is -2.02. The Balaban J connectivity index is 1.99. The molecule has 1 atom stereocenters. The SMILES string of the molecule is Oc1ccc(Cl)c(Cl)c1C1Cc2nc(Br)cn2C1. The van der Waals surface area contributed by atoms with Gasteiger partial charge in [0, 0.05) is 30.6 Å². The van der Waals surface area contributed by atoms with Crippen molar-refractivity contribution in [3.63, 3.8) is 0 Å². The third-order valence-corrected chi connectivity index (χ3v) is 4.39. The Morgan fingerprint density at radius 1 is 1.39 bits per heavy atom. The fraction of sp³-hybridized carbons (Fsp3) is 0.250. The van der Waals surface area contributed by atoms with Crippen LogP contribution in [0.25, 0.3) is 0 Å². The molecule has 0 radical (unpaired) electrons. The van der Waals surface area contributed by atoms with E-state index in [2.05, 4.69) is 25.5 Å². The smallest absolute Gasteiger partial charge is 0.124 e. The van der Waals surface area contributed by atoms with Crippen molar-refractivity contribution in [2.24, 2.45) is 0 Å². The number of aromatic hydroxyl groups is 1. The largest absolute Gasteiger partial charge is 0.508 e. The average molecular weight is 348 g/mol. The number of phenols is 1. The van der Waals surface area contributed by atoms with E-state index >= 15 is 0 Å². The monoisotopic (exact) mass is 346 g/mol. The summed E-state index contributed by atoms with van der Waals surface area (Å²) in [6.45, 7) is 0.752. The molecule has 0 spiro atoms. The molecular weight excluding hydrogens is 339 g/mol. The van der Waals surface area contributed by atoms with Crippen LogP contribution >= 0.6 is 39.1 Å². The second-order valence-electron chi connectivity index (χ2n) is 4.33. The number of hydrogen-bond acceptors (Lipinski definition) is 2. The molecular formula is C12H9BrCl2N2O. The number of halogens is 3. The normalized spacial score (nSPS) is 18.1. The molecule has 3 rings (SSSR count). The van der Waals surface area contributed by atoms with Crippen molar-refractivity contribution in [2.75, 3.05) is 0 Å². The zero-order valence-electron chi connectivity index (χ0n) is 9.20. The summed E-state index contributed by atoms with van der Waals surface area (Å²) >= 11 is 15.5. The van der Waals surface area contributed by atoms with E-state index in [0.29, 0.717) is 15.6 Å². The molecule has 3 nitrogen and oxygen atoms in total. The first kappa shape index (κ1) is 12.3. The van der Waals surface area contributed by atoms with Crippen LogP contribution in [-0.4, -0.2) is 14.7 Å². The van der Waals surface area contributed by atoms with Crippen LogP contribution in [0.4, 0.5) is 0 Å². The van der Waals surface area contributed by atoms with E-state index in [9.17, 15) is 5.11 Å². The number of nitrogens with zero attached hydrogens (tertiary/aromatic N) is 2. The first-order chi connectivity index (χ1) is 8.56. The number of imidazole rings is 1. The van der Waals surface area contributed by atoms with Crippen LogP contribution in [-0.2, 0) is 13.0 Å². The van der Waals surface area contributed by atoms with Gasteiger partial charge in [0.25, 0.3) is 0 Å². The van der Waals surface area contributed by atoms with Crippen molar-refractivity contribution in [1.82, 2.24) is 9.55 Å². The lowest BCUT2D eigenvalue weighted by molar-refractivity contribution is 0.459. The number of rotatable bonds is 1. The zero-order chi connectivity index (χ0) is 12.9. The Kier molecular flexibility index (Phi) is 3.04. The maximum Gasteiger partial charge on any atom is 0.124 e. The van der Waals surface area contributed by atoms with Gasteiger partial charge in [0.1, 0.15) is 16.2 Å². The first-order valence-electron chi connectivity index (χ1n) is 5.44. The molecule has 0 fully saturated rings. The molecule has 1 aromatic carbocycles. The molecule has 0 saturated carbocycles. The van der Waals surface area contributed by atoms with Crippen LogP contribution in [0, 0.1) is 0 Å². The standard InChI is InChI=1S/C12H9BrCl2N2O/c13-9-5-17-4-6(3-10(17)16-9)11-8(18)2-1-7(14)12(11)15/h1-2,5-6,18H,3-4H2. The number of aromatic nitrogens is 2. The Bertz CT molecular complexity index is 603. The fourth-order valence-corrected chi connectivity index (χ4v) is 3.33. The molecule has 1 aliphatic heterocycles. The van der Waals surface area contributed by atoms with Crippen LogP contribution in [0.1, 0.15) is 17.3 Å². The van der Waals surface area contributed by atoms with Crippen molar-refractivity contribution >= 4 is 39.1 Å². The molecule has 18 heavy (non-hydrogen) atoms. The van der Waals surface area contributed by atoms with Crippen molar-refractivity contribution in [2.45, 2.75) is 18.9 Å². The van der Waals surface area contributed by atoms with Crippen LogP contribution in [0.5, 0.6) is 5.75 Å². The van der Waals surface area contributed by atoms with Gasteiger partial charge in [-0.15, -0.1) is 0 Å². The zero-order valence-corrected chi connectivity index (χ0v) is 12.3. The topological polar surface area (TPSA) is 38.1 Å². The van der Waals surface area contributed by atoms with Gasteiger partial charge in [-0.1, -0.05) is 23.2 Å². The molecule has 0 amide bonds. The van der Waals surface area contributed by atoms with Crippen molar-refractivity contribution in [1.29, 1.82) is 0 Å². The molecule has 1 aromatic heterocycles. The third-order valence-electron chi connectivity index (χ3n) is 3.19. The van der Waals surface area contributed by atoms with Gasteiger partial charge in [-0.25, -0.2) is 4.98 Å². The minimum absolute atomic E-state index is 0.117. The van der Waals surface area contributed by atoms with Crippen molar-refractivity contribution < 1.29 is 5.11 Å². The molecule has 0 saturated heterocycles.